The van der Waals surface area contributed by atoms with Crippen molar-refractivity contribution in [1.29, 1.82) is 0 Å². The van der Waals surface area contributed by atoms with Gasteiger partial charge in [-0.1, -0.05) is 59.6 Å². The molecule has 1 atom stereocenters. The molecule has 0 radical (unpaired) electrons. The van der Waals surface area contributed by atoms with E-state index in [0.29, 0.717) is 35.1 Å². The quantitative estimate of drug-likeness (QED) is 0.432. The molecule has 1 saturated heterocycles. The smallest absolute Gasteiger partial charge is 0.344 e. The molecule has 0 bridgehead atoms. The van der Waals surface area contributed by atoms with Gasteiger partial charge in [0.1, 0.15) is 16.3 Å². The molecule has 7 nitrogen and oxygen atoms in total. The number of carbonyl (C=O) groups is 3. The molecule has 9 heteroatoms. The van der Waals surface area contributed by atoms with E-state index in [9.17, 15) is 14.4 Å². The van der Waals surface area contributed by atoms with Gasteiger partial charge in [0.05, 0.1) is 11.6 Å². The molecule has 1 aliphatic heterocycles. The zero-order valence-corrected chi connectivity index (χ0v) is 18.5. The highest BCUT2D eigenvalue weighted by Crippen LogP contribution is 2.31. The largest absolute Gasteiger partial charge is 0.492 e. The number of ether oxygens (including phenoxy) is 1. The van der Waals surface area contributed by atoms with E-state index < -0.39 is 23.4 Å². The lowest BCUT2D eigenvalue weighted by atomic mass is 9.93. The van der Waals surface area contributed by atoms with Crippen molar-refractivity contribution in [2.45, 2.75) is 38.1 Å². The highest BCUT2D eigenvalue weighted by molar-refractivity contribution is 6.42. The van der Waals surface area contributed by atoms with Gasteiger partial charge in [0.15, 0.2) is 0 Å². The summed E-state index contributed by atoms with van der Waals surface area (Å²) in [5, 5.41) is 4.12. The van der Waals surface area contributed by atoms with Crippen molar-refractivity contribution < 1.29 is 19.1 Å². The Labute approximate surface area is 190 Å². The molecule has 0 aliphatic carbocycles. The molecule has 1 fully saturated rings. The van der Waals surface area contributed by atoms with E-state index in [-0.39, 0.29) is 13.0 Å². The number of aryl methyl sites for hydroxylation is 1. The van der Waals surface area contributed by atoms with Gasteiger partial charge < -0.3 is 10.1 Å². The Morgan fingerprint density at radius 1 is 1.13 bits per heavy atom. The third-order valence-corrected chi connectivity index (χ3v) is 5.78. The number of hydrazine groups is 1. The second kappa shape index (κ2) is 10.0. The first-order valence-corrected chi connectivity index (χ1v) is 10.6. The van der Waals surface area contributed by atoms with E-state index in [1.54, 1.807) is 25.1 Å². The lowest BCUT2D eigenvalue weighted by molar-refractivity contribution is -0.138. The van der Waals surface area contributed by atoms with Crippen LogP contribution in [0, 0.1) is 0 Å². The number of amides is 4. The molecule has 1 aliphatic rings. The molecule has 0 saturated carbocycles. The average Bonchev–Trinajstić information content (AvgIpc) is 2.96. The number of benzene rings is 2. The predicted molar refractivity (Wildman–Crippen MR) is 118 cm³/mol. The van der Waals surface area contributed by atoms with E-state index in [1.165, 1.54) is 0 Å². The Bertz CT molecular complexity index is 970. The van der Waals surface area contributed by atoms with Crippen molar-refractivity contribution in [1.82, 2.24) is 15.8 Å². The predicted octanol–water partition coefficient (Wildman–Crippen LogP) is 4.13. The van der Waals surface area contributed by atoms with Gasteiger partial charge in [0, 0.05) is 6.42 Å². The number of imide groups is 1. The lowest BCUT2D eigenvalue weighted by Crippen LogP contribution is -2.48. The molecule has 4 amide bonds. The molecule has 2 N–H and O–H groups in total. The summed E-state index contributed by atoms with van der Waals surface area (Å²) in [7, 11) is 0. The number of hydrogen-bond acceptors (Lipinski definition) is 4. The summed E-state index contributed by atoms with van der Waals surface area (Å²) in [6.07, 6.45) is 1.47. The van der Waals surface area contributed by atoms with Crippen LogP contribution in [0.15, 0.2) is 48.5 Å². The number of nitrogens with zero attached hydrogens (tertiary/aromatic N) is 1. The molecular formula is C22H23Cl2N3O4. The Morgan fingerprint density at radius 2 is 1.87 bits per heavy atom. The normalized spacial score (nSPS) is 18.1. The fraction of sp³-hybridized carbons (Fsp3) is 0.318. The van der Waals surface area contributed by atoms with Crippen molar-refractivity contribution in [3.05, 3.63) is 64.1 Å². The number of urea groups is 1. The second-order valence-electron chi connectivity index (χ2n) is 7.43. The maximum absolute atomic E-state index is 12.8. The fourth-order valence-electron chi connectivity index (χ4n) is 3.19. The van der Waals surface area contributed by atoms with E-state index in [2.05, 4.69) is 10.7 Å². The number of nitrogens with one attached hydrogen (secondary N) is 2. The minimum Gasteiger partial charge on any atom is -0.492 e. The minimum atomic E-state index is -1.08. The second-order valence-corrected chi connectivity index (χ2v) is 8.21. The van der Waals surface area contributed by atoms with Crippen LogP contribution in [0.1, 0.15) is 31.7 Å². The van der Waals surface area contributed by atoms with Gasteiger partial charge in [-0.15, -0.1) is 0 Å². The Kier molecular flexibility index (Phi) is 7.41. The van der Waals surface area contributed by atoms with Crippen LogP contribution in [0.4, 0.5) is 4.79 Å². The molecular weight excluding hydrogens is 441 g/mol. The van der Waals surface area contributed by atoms with Gasteiger partial charge >= 0.3 is 6.03 Å². The summed E-state index contributed by atoms with van der Waals surface area (Å²) in [4.78, 5) is 37.2. The van der Waals surface area contributed by atoms with Crippen molar-refractivity contribution in [3.8, 4) is 5.75 Å². The van der Waals surface area contributed by atoms with Gasteiger partial charge in [-0.25, -0.2) is 4.79 Å². The van der Waals surface area contributed by atoms with Crippen molar-refractivity contribution >= 4 is 41.0 Å². The molecule has 164 valence electrons. The minimum absolute atomic E-state index is 0.0655. The van der Waals surface area contributed by atoms with E-state index in [4.69, 9.17) is 27.9 Å². The molecule has 2 aromatic rings. The van der Waals surface area contributed by atoms with E-state index in [1.807, 2.05) is 30.3 Å². The number of carbonyl (C=O) groups excluding carboxylic acids is 3. The lowest BCUT2D eigenvalue weighted by Gasteiger charge is -2.21. The highest BCUT2D eigenvalue weighted by atomic mass is 35.5. The summed E-state index contributed by atoms with van der Waals surface area (Å²) < 4.78 is 5.53. The van der Waals surface area contributed by atoms with Gasteiger partial charge in [-0.2, -0.15) is 5.01 Å². The van der Waals surface area contributed by atoms with Crippen LogP contribution in [0.3, 0.4) is 0 Å². The van der Waals surface area contributed by atoms with E-state index >= 15 is 0 Å². The standard InChI is InChI=1S/C22H23Cl2N3O4/c1-22(13-12-15-7-3-2-4-8-15)20(29)27(21(30)25-22)26-18(28)11-6-14-31-17-10-5-9-16(23)19(17)24/h2-5,7-10H,6,11-14H2,1H3,(H,25,30)(H,26,28). The molecule has 31 heavy (non-hydrogen) atoms. The van der Waals surface area contributed by atoms with Gasteiger partial charge in [0.2, 0.25) is 5.91 Å². The zero-order chi connectivity index (χ0) is 22.4. The van der Waals surface area contributed by atoms with Crippen LogP contribution in [0.2, 0.25) is 10.0 Å². The Morgan fingerprint density at radius 3 is 2.61 bits per heavy atom. The van der Waals surface area contributed by atoms with Crippen molar-refractivity contribution in [2.24, 2.45) is 0 Å². The van der Waals surface area contributed by atoms with Crippen LogP contribution in [-0.4, -0.2) is 35.0 Å². The summed E-state index contributed by atoms with van der Waals surface area (Å²) in [6, 6.07) is 14.1. The van der Waals surface area contributed by atoms with Gasteiger partial charge in [-0.3, -0.25) is 15.0 Å². The van der Waals surface area contributed by atoms with Gasteiger partial charge in [-0.05, 0) is 43.9 Å². The first-order chi connectivity index (χ1) is 14.8. The van der Waals surface area contributed by atoms with Crippen LogP contribution in [0.25, 0.3) is 0 Å². The maximum Gasteiger partial charge on any atom is 0.344 e. The first kappa shape index (κ1) is 22.9. The molecule has 1 unspecified atom stereocenters. The summed E-state index contributed by atoms with van der Waals surface area (Å²) >= 11 is 12.0. The SMILES string of the molecule is CC1(CCc2ccccc2)NC(=O)N(NC(=O)CCCOc2cccc(Cl)c2Cl)C1=O. The molecule has 2 aromatic carbocycles. The third kappa shape index (κ3) is 5.68. The Balaban J connectivity index is 1.46. The molecule has 0 spiro atoms. The van der Waals surface area contributed by atoms with Gasteiger partial charge in [0.25, 0.3) is 5.91 Å². The van der Waals surface area contributed by atoms with Crippen molar-refractivity contribution in [2.75, 3.05) is 6.61 Å². The highest BCUT2D eigenvalue weighted by Gasteiger charge is 2.48. The maximum atomic E-state index is 12.8. The van der Waals surface area contributed by atoms with Crippen LogP contribution < -0.4 is 15.5 Å². The van der Waals surface area contributed by atoms with Crippen LogP contribution in [-0.2, 0) is 16.0 Å². The molecule has 3 rings (SSSR count). The number of halogens is 2. The molecule has 0 aromatic heterocycles. The fourth-order valence-corrected chi connectivity index (χ4v) is 3.53. The Hall–Kier alpha value is -2.77. The topological polar surface area (TPSA) is 87.7 Å². The average molecular weight is 464 g/mol. The van der Waals surface area contributed by atoms with Crippen LogP contribution >= 0.6 is 23.2 Å². The monoisotopic (exact) mass is 463 g/mol. The van der Waals surface area contributed by atoms with E-state index in [0.717, 1.165) is 10.6 Å². The zero-order valence-electron chi connectivity index (χ0n) is 17.0. The summed E-state index contributed by atoms with van der Waals surface area (Å²) in [6.45, 7) is 1.88. The summed E-state index contributed by atoms with van der Waals surface area (Å²) in [5.74, 6) is -0.516. The van der Waals surface area contributed by atoms with Crippen molar-refractivity contribution in [3.63, 3.8) is 0 Å². The first-order valence-electron chi connectivity index (χ1n) is 9.87. The summed E-state index contributed by atoms with van der Waals surface area (Å²) in [5.41, 5.74) is 2.37. The third-order valence-electron chi connectivity index (χ3n) is 4.98. The number of hydrogen-bond donors (Lipinski definition) is 2. The number of rotatable bonds is 9. The molecule has 1 heterocycles. The van der Waals surface area contributed by atoms with Crippen LogP contribution in [0.5, 0.6) is 5.75 Å².